The summed E-state index contributed by atoms with van der Waals surface area (Å²) in [5, 5.41) is 5.05. The van der Waals surface area contributed by atoms with E-state index in [-0.39, 0.29) is 29.8 Å². The Labute approximate surface area is 180 Å². The summed E-state index contributed by atoms with van der Waals surface area (Å²) >= 11 is 1.69. The van der Waals surface area contributed by atoms with Gasteiger partial charge >= 0.3 is 0 Å². The molecule has 0 aliphatic carbocycles. The van der Waals surface area contributed by atoms with Crippen LogP contribution >= 0.6 is 11.3 Å². The van der Waals surface area contributed by atoms with Gasteiger partial charge in [-0.15, -0.1) is 11.3 Å². The van der Waals surface area contributed by atoms with Gasteiger partial charge in [-0.25, -0.2) is 12.7 Å². The number of carbonyl (C=O) groups is 2. The molecule has 1 aromatic heterocycles. The Kier molecular flexibility index (Phi) is 6.21. The second kappa shape index (κ2) is 8.87. The molecule has 0 radical (unpaired) electrons. The van der Waals surface area contributed by atoms with E-state index in [0.29, 0.717) is 12.1 Å². The van der Waals surface area contributed by atoms with Gasteiger partial charge in [0, 0.05) is 23.4 Å². The van der Waals surface area contributed by atoms with Crippen molar-refractivity contribution >= 4 is 38.9 Å². The first-order valence-corrected chi connectivity index (χ1v) is 12.7. The summed E-state index contributed by atoms with van der Waals surface area (Å²) in [6.45, 7) is 2.51. The first-order chi connectivity index (χ1) is 14.5. The lowest BCUT2D eigenvalue weighted by Gasteiger charge is -2.34. The van der Waals surface area contributed by atoms with Crippen molar-refractivity contribution < 1.29 is 18.0 Å². The van der Waals surface area contributed by atoms with Gasteiger partial charge < -0.3 is 5.32 Å². The average Bonchev–Trinajstić information content (AvgIpc) is 3.37. The molecule has 1 unspecified atom stereocenters. The molecule has 9 heteroatoms. The Morgan fingerprint density at radius 3 is 2.60 bits per heavy atom. The van der Waals surface area contributed by atoms with Gasteiger partial charge in [-0.1, -0.05) is 18.6 Å². The molecule has 160 valence electrons. The molecule has 2 amide bonds. The van der Waals surface area contributed by atoms with Gasteiger partial charge in [0.1, 0.15) is 0 Å². The minimum absolute atomic E-state index is 0.0307. The fourth-order valence-electron chi connectivity index (χ4n) is 4.05. The molecule has 2 saturated heterocycles. The number of likely N-dealkylation sites (tertiary alicyclic amines) is 1. The van der Waals surface area contributed by atoms with Crippen molar-refractivity contribution in [3.8, 4) is 0 Å². The highest BCUT2D eigenvalue weighted by molar-refractivity contribution is 7.94. The molecule has 2 fully saturated rings. The van der Waals surface area contributed by atoms with Crippen LogP contribution in [-0.2, 0) is 14.8 Å². The summed E-state index contributed by atoms with van der Waals surface area (Å²) in [6.07, 6.45) is 3.54. The molecular weight excluding hydrogens is 422 g/mol. The lowest BCUT2D eigenvalue weighted by atomic mass is 10.1. The number of hydrogen-bond donors (Lipinski definition) is 1. The molecule has 3 heterocycles. The van der Waals surface area contributed by atoms with Gasteiger partial charge in [-0.3, -0.25) is 14.5 Å². The second-order valence-electron chi connectivity index (χ2n) is 7.61. The third-order valence-electron chi connectivity index (χ3n) is 5.58. The molecule has 30 heavy (non-hydrogen) atoms. The molecule has 1 N–H and O–H groups in total. The molecule has 1 atom stereocenters. The Bertz CT molecular complexity index is 1010. The Morgan fingerprint density at radius 2 is 1.93 bits per heavy atom. The number of hydrogen-bond acceptors (Lipinski definition) is 6. The number of piperidine rings is 1. The summed E-state index contributed by atoms with van der Waals surface area (Å²) < 4.78 is 25.2. The fraction of sp³-hybridized carbons (Fsp3) is 0.429. The Hall–Kier alpha value is -2.23. The van der Waals surface area contributed by atoms with E-state index >= 15 is 0 Å². The highest BCUT2D eigenvalue weighted by Crippen LogP contribution is 2.28. The zero-order chi connectivity index (χ0) is 21.1. The van der Waals surface area contributed by atoms with Crippen LogP contribution in [0, 0.1) is 0 Å². The number of rotatable bonds is 6. The summed E-state index contributed by atoms with van der Waals surface area (Å²) in [4.78, 5) is 28.5. The van der Waals surface area contributed by atoms with Gasteiger partial charge in [-0.2, -0.15) is 0 Å². The summed E-state index contributed by atoms with van der Waals surface area (Å²) in [5.74, 6) is -0.935. The number of nitrogens with zero attached hydrogens (tertiary/aromatic N) is 2. The molecular formula is C21H25N3O4S2. The van der Waals surface area contributed by atoms with E-state index in [2.05, 4.69) is 16.3 Å². The van der Waals surface area contributed by atoms with Crippen LogP contribution in [0.5, 0.6) is 0 Å². The van der Waals surface area contributed by atoms with Gasteiger partial charge in [0.25, 0.3) is 5.91 Å². The maximum atomic E-state index is 12.8. The van der Waals surface area contributed by atoms with E-state index in [1.807, 2.05) is 11.4 Å². The second-order valence-corrected chi connectivity index (χ2v) is 10.5. The first-order valence-electron chi connectivity index (χ1n) is 10.2. The van der Waals surface area contributed by atoms with E-state index < -0.39 is 15.9 Å². The molecule has 7 nitrogen and oxygen atoms in total. The van der Waals surface area contributed by atoms with E-state index in [1.54, 1.807) is 29.5 Å². The van der Waals surface area contributed by atoms with Gasteiger partial charge in [0.2, 0.25) is 15.9 Å². The SMILES string of the molecule is O=C(NCC(c1cccs1)N1CCCCC1)c1cccc(N2C(=O)CCS2(=O)=O)c1. The van der Waals surface area contributed by atoms with Crippen molar-refractivity contribution in [3.63, 3.8) is 0 Å². The number of amides is 2. The maximum Gasteiger partial charge on any atom is 0.251 e. The molecule has 2 aromatic rings. The zero-order valence-electron chi connectivity index (χ0n) is 16.6. The van der Waals surface area contributed by atoms with Crippen molar-refractivity contribution in [2.75, 3.05) is 29.7 Å². The monoisotopic (exact) mass is 447 g/mol. The van der Waals surface area contributed by atoms with E-state index in [1.165, 1.54) is 17.4 Å². The summed E-state index contributed by atoms with van der Waals surface area (Å²) in [5.41, 5.74) is 0.557. The van der Waals surface area contributed by atoms with E-state index in [4.69, 9.17) is 0 Å². The number of nitrogens with one attached hydrogen (secondary N) is 1. The van der Waals surface area contributed by atoms with Crippen LogP contribution in [0.15, 0.2) is 41.8 Å². The first kappa shape index (κ1) is 21.0. The fourth-order valence-corrected chi connectivity index (χ4v) is 6.37. The minimum Gasteiger partial charge on any atom is -0.350 e. The Morgan fingerprint density at radius 1 is 1.13 bits per heavy atom. The highest BCUT2D eigenvalue weighted by atomic mass is 32.2. The largest absolute Gasteiger partial charge is 0.350 e. The van der Waals surface area contributed by atoms with Crippen molar-refractivity contribution in [1.29, 1.82) is 0 Å². The summed E-state index contributed by atoms with van der Waals surface area (Å²) in [6, 6.07) is 10.5. The predicted molar refractivity (Wildman–Crippen MR) is 117 cm³/mol. The van der Waals surface area contributed by atoms with Crippen molar-refractivity contribution in [2.24, 2.45) is 0 Å². The van der Waals surface area contributed by atoms with E-state index in [9.17, 15) is 18.0 Å². The van der Waals surface area contributed by atoms with Crippen LogP contribution in [0.3, 0.4) is 0 Å². The number of carbonyl (C=O) groups excluding carboxylic acids is 2. The molecule has 4 rings (SSSR count). The number of benzene rings is 1. The smallest absolute Gasteiger partial charge is 0.251 e. The van der Waals surface area contributed by atoms with Crippen LogP contribution in [0.4, 0.5) is 5.69 Å². The average molecular weight is 448 g/mol. The van der Waals surface area contributed by atoms with Gasteiger partial charge in [-0.05, 0) is 55.6 Å². The number of thiophene rings is 1. The minimum atomic E-state index is -3.65. The number of anilines is 1. The van der Waals surface area contributed by atoms with Crippen LogP contribution < -0.4 is 9.62 Å². The van der Waals surface area contributed by atoms with Crippen LogP contribution in [0.25, 0.3) is 0 Å². The normalized spacial score (nSPS) is 20.3. The lowest BCUT2D eigenvalue weighted by molar-refractivity contribution is -0.116. The zero-order valence-corrected chi connectivity index (χ0v) is 18.3. The van der Waals surface area contributed by atoms with Gasteiger partial charge in [0.15, 0.2) is 0 Å². The maximum absolute atomic E-state index is 12.8. The molecule has 0 saturated carbocycles. The van der Waals surface area contributed by atoms with Crippen molar-refractivity contribution in [1.82, 2.24) is 10.2 Å². The predicted octanol–water partition coefficient (Wildman–Crippen LogP) is 2.77. The molecule has 1 aromatic carbocycles. The molecule has 2 aliphatic heterocycles. The lowest BCUT2D eigenvalue weighted by Crippen LogP contribution is -2.40. The van der Waals surface area contributed by atoms with Crippen molar-refractivity contribution in [2.45, 2.75) is 31.7 Å². The topological polar surface area (TPSA) is 86.8 Å². The van der Waals surface area contributed by atoms with Gasteiger partial charge in [0.05, 0.1) is 17.5 Å². The van der Waals surface area contributed by atoms with Crippen molar-refractivity contribution in [3.05, 3.63) is 52.2 Å². The van der Waals surface area contributed by atoms with Crippen LogP contribution in [0.2, 0.25) is 0 Å². The highest BCUT2D eigenvalue weighted by Gasteiger charge is 2.36. The van der Waals surface area contributed by atoms with Crippen LogP contribution in [0.1, 0.15) is 47.0 Å². The molecule has 0 bridgehead atoms. The third-order valence-corrected chi connectivity index (χ3v) is 8.24. The van der Waals surface area contributed by atoms with Crippen LogP contribution in [-0.4, -0.2) is 50.5 Å². The standard InChI is InChI=1S/C21H25N3O4S2/c25-20-9-13-30(27,28)24(20)17-7-4-6-16(14-17)21(26)22-15-18(19-8-5-12-29-19)23-10-2-1-3-11-23/h4-8,12,14,18H,1-3,9-11,13,15H2,(H,22,26). The quantitative estimate of drug-likeness (QED) is 0.736. The van der Waals surface area contributed by atoms with E-state index in [0.717, 1.165) is 30.2 Å². The Balaban J connectivity index is 1.49. The molecule has 0 spiro atoms. The molecule has 2 aliphatic rings. The summed E-state index contributed by atoms with van der Waals surface area (Å²) in [7, 11) is -3.65. The number of sulfonamides is 1. The third kappa shape index (κ3) is 4.43.